The Kier molecular flexibility index (Phi) is 21.4. The summed E-state index contributed by atoms with van der Waals surface area (Å²) in [5.74, 6) is 1.35. The van der Waals surface area contributed by atoms with Crippen molar-refractivity contribution in [2.45, 2.75) is 90.9 Å². The van der Waals surface area contributed by atoms with Gasteiger partial charge in [-0.05, 0) is 122 Å². The van der Waals surface area contributed by atoms with Crippen LogP contribution < -0.4 is 48.5 Å². The molecule has 416 valence electrons. The maximum Gasteiger partial charge on any atom is 1.00 e. The number of hydrogen-bond donors (Lipinski definition) is 1. The molecule has 0 unspecified atom stereocenters. The van der Waals surface area contributed by atoms with E-state index < -0.39 is 29.1 Å². The van der Waals surface area contributed by atoms with Crippen LogP contribution in [-0.4, -0.2) is 127 Å². The van der Waals surface area contributed by atoms with Crippen LogP contribution in [0.5, 0.6) is 23.0 Å². The molecule has 80 heavy (non-hydrogen) atoms. The van der Waals surface area contributed by atoms with Crippen molar-refractivity contribution in [1.82, 2.24) is 23.8 Å². The zero-order valence-corrected chi connectivity index (χ0v) is 49.4. The number of likely N-dealkylation sites (tertiary alicyclic amines) is 2. The summed E-state index contributed by atoms with van der Waals surface area (Å²) in [6, 6.07) is 31.8. The van der Waals surface area contributed by atoms with E-state index in [0.29, 0.717) is 69.1 Å². The summed E-state index contributed by atoms with van der Waals surface area (Å²) in [6.07, 6.45) is 9.57. The number of hydrogen-bond acceptors (Lipinski definition) is 13. The van der Waals surface area contributed by atoms with Gasteiger partial charge in [-0.3, -0.25) is 28.8 Å². The normalized spacial score (nSPS) is 14.6. The molecule has 10 rings (SSSR count). The fourth-order valence-corrected chi connectivity index (χ4v) is 10.4. The van der Waals surface area contributed by atoms with Crippen molar-refractivity contribution in [2.24, 2.45) is 0 Å². The number of carboxylic acid groups (broad SMARTS) is 1. The fourth-order valence-electron chi connectivity index (χ4n) is 10.4. The summed E-state index contributed by atoms with van der Waals surface area (Å²) < 4.78 is 37.0. The quantitative estimate of drug-likeness (QED) is 0.121. The number of fused-ring (bicyclic) bond motifs is 8. The van der Waals surface area contributed by atoms with Crippen molar-refractivity contribution in [3.8, 4) is 34.4 Å². The number of carboxylic acids is 1. The summed E-state index contributed by atoms with van der Waals surface area (Å²) >= 11 is 0. The van der Waals surface area contributed by atoms with Crippen LogP contribution in [0.4, 0.5) is 0 Å². The number of nitrogens with zero attached hydrogens (tertiary/aromatic N) is 5. The first-order valence-corrected chi connectivity index (χ1v) is 26.3. The monoisotopic (exact) mass is 1100 g/mol. The standard InChI is InChI=1S/C28H33N3O3.C26H26N2O4.C4H6BO4.C2H4O2.Na/c1-5-21-9-10-22(18-24(21)33-4)27(32)30-15-12-28(13-16-30)26-7-6-14-31(26)23-11-8-20(19-29(2)3)17-25(23)34-28;1-3-19-7-8-20(16-22(19)31-2)25(30)27-13-10-26(11-14-27)24-5-4-12-28(24)21-9-6-18(17-29)15-23(21)32-26;1-3(6)8-5-9-4(2)7;1-2(3)4;/h6-11,14,17-18H,5,12-13,15-16,19H2,1-4H3;4-9,12,15-17H,3,10-11,13-14H2,1-2H3;1-2H3;1H3,(H,3,4);/q;;-1;;+1. The van der Waals surface area contributed by atoms with Crippen LogP contribution in [-0.2, 0) is 54.3 Å². The van der Waals surface area contributed by atoms with Crippen molar-refractivity contribution in [1.29, 1.82) is 0 Å². The maximum atomic E-state index is 13.3. The van der Waals surface area contributed by atoms with Gasteiger partial charge in [0.15, 0.2) is 11.2 Å². The van der Waals surface area contributed by atoms with Crippen molar-refractivity contribution in [3.63, 3.8) is 0 Å². The zero-order valence-electron chi connectivity index (χ0n) is 47.4. The van der Waals surface area contributed by atoms with Gasteiger partial charge in [-0.15, -0.1) is 0 Å². The van der Waals surface area contributed by atoms with Gasteiger partial charge in [-0.25, -0.2) is 0 Å². The van der Waals surface area contributed by atoms with Crippen molar-refractivity contribution < 1.29 is 91.7 Å². The van der Waals surface area contributed by atoms with Crippen molar-refractivity contribution >= 4 is 43.7 Å². The van der Waals surface area contributed by atoms with Crippen molar-refractivity contribution in [3.05, 3.63) is 154 Å². The van der Waals surface area contributed by atoms with Crippen LogP contribution in [0.15, 0.2) is 109 Å². The number of carbonyl (C=O) groups is 6. The predicted molar refractivity (Wildman–Crippen MR) is 297 cm³/mol. The molecule has 2 fully saturated rings. The zero-order chi connectivity index (χ0) is 57.0. The van der Waals surface area contributed by atoms with Crippen LogP contribution in [0.25, 0.3) is 11.4 Å². The van der Waals surface area contributed by atoms with Crippen LogP contribution in [0.3, 0.4) is 0 Å². The second-order valence-electron chi connectivity index (χ2n) is 19.8. The molecule has 4 aliphatic rings. The number of carbonyl (C=O) groups excluding carboxylic acids is 5. The molecule has 20 heteroatoms. The van der Waals surface area contributed by atoms with E-state index in [1.807, 2.05) is 64.5 Å². The van der Waals surface area contributed by atoms with E-state index >= 15 is 0 Å². The first-order chi connectivity index (χ1) is 37.9. The van der Waals surface area contributed by atoms with E-state index in [1.54, 1.807) is 26.4 Å². The average molecular weight is 1100 g/mol. The number of methoxy groups -OCH3 is 2. The molecule has 18 nitrogen and oxygen atoms in total. The van der Waals surface area contributed by atoms with E-state index in [2.05, 4.69) is 93.9 Å². The third-order valence-corrected chi connectivity index (χ3v) is 14.2. The summed E-state index contributed by atoms with van der Waals surface area (Å²) in [5, 5.41) is 7.42. The van der Waals surface area contributed by atoms with Gasteiger partial charge in [0.05, 0.1) is 37.0 Å². The van der Waals surface area contributed by atoms with E-state index in [1.165, 1.54) is 25.1 Å². The second-order valence-corrected chi connectivity index (χ2v) is 19.8. The number of piperidine rings is 2. The Morgan fingerprint density at radius 3 is 1.45 bits per heavy atom. The van der Waals surface area contributed by atoms with Gasteiger partial charge in [0, 0.05) is 108 Å². The van der Waals surface area contributed by atoms with Gasteiger partial charge in [0.1, 0.15) is 37.0 Å². The number of aryl methyl sites for hydroxylation is 2. The smallest absolute Gasteiger partial charge is 0.702 e. The van der Waals surface area contributed by atoms with E-state index in [-0.39, 0.29) is 41.4 Å². The Labute approximate surface area is 490 Å². The van der Waals surface area contributed by atoms with Gasteiger partial charge in [-0.2, -0.15) is 0 Å². The van der Waals surface area contributed by atoms with Crippen LogP contribution >= 0.6 is 0 Å². The molecule has 4 aromatic carbocycles. The number of rotatable bonds is 11. The minimum absolute atomic E-state index is 0. The largest absolute Gasteiger partial charge is 1.00 e. The Hall–Kier alpha value is -7.32. The Morgan fingerprint density at radius 1 is 0.637 bits per heavy atom. The van der Waals surface area contributed by atoms with Gasteiger partial charge in [-0.1, -0.05) is 32.0 Å². The summed E-state index contributed by atoms with van der Waals surface area (Å²) in [6.45, 7) is 11.0. The molecule has 6 aromatic rings. The third-order valence-electron chi connectivity index (χ3n) is 14.2. The van der Waals surface area contributed by atoms with E-state index in [0.717, 1.165) is 90.9 Å². The van der Waals surface area contributed by atoms with Gasteiger partial charge in [0.2, 0.25) is 0 Å². The molecule has 0 saturated carbocycles. The molecule has 2 saturated heterocycles. The van der Waals surface area contributed by atoms with E-state index in [9.17, 15) is 24.0 Å². The summed E-state index contributed by atoms with van der Waals surface area (Å²) in [5.41, 5.74) is 8.67. The predicted octanol–water partition coefficient (Wildman–Crippen LogP) is 5.76. The van der Waals surface area contributed by atoms with Crippen LogP contribution in [0.1, 0.15) is 119 Å². The number of aromatic nitrogens is 2. The number of aldehydes is 1. The average Bonchev–Trinajstić information content (AvgIpc) is 4.16. The molecule has 2 radical (unpaired) electrons. The molecule has 6 heterocycles. The Morgan fingerprint density at radius 2 is 1.06 bits per heavy atom. The van der Waals surface area contributed by atoms with Crippen LogP contribution in [0, 0.1) is 0 Å². The van der Waals surface area contributed by atoms with Gasteiger partial charge >= 0.3 is 29.6 Å². The molecule has 2 amide bonds. The van der Waals surface area contributed by atoms with Crippen molar-refractivity contribution in [2.75, 3.05) is 54.5 Å². The molecule has 0 atom stereocenters. The topological polar surface area (TPSA) is 198 Å². The third kappa shape index (κ3) is 14.3. The number of benzene rings is 4. The Balaban J connectivity index is 0.000000210. The fraction of sp³-hybridized carbons (Fsp3) is 0.367. The number of aliphatic carboxylic acids is 1. The maximum absolute atomic E-state index is 13.3. The molecule has 2 spiro atoms. The molecule has 0 bridgehead atoms. The minimum atomic E-state index is -0.833. The molecule has 2 aromatic heterocycles. The van der Waals surface area contributed by atoms with Crippen LogP contribution in [0.2, 0.25) is 0 Å². The number of ether oxygens (including phenoxy) is 4. The van der Waals surface area contributed by atoms with Gasteiger partial charge < -0.3 is 57.2 Å². The second kappa shape index (κ2) is 27.7. The summed E-state index contributed by atoms with van der Waals surface area (Å²) in [7, 11) is 8.14. The molecular weight excluding hydrogens is 1030 g/mol. The Bertz CT molecular complexity index is 3160. The number of amides is 2. The SMILES string of the molecule is CC(=O)O.CC(=O)O[B-]OC(C)=O.CCc1ccc(C(=O)N2CCC3(CC2)Oc2cc(C=O)ccc2-n2cccc23)cc1OC.CCc1ccc(C(=O)N2CCC3(CC2)Oc2cc(CN(C)C)ccc2-n2cccc23)cc1OC.[Na+]. The first-order valence-electron chi connectivity index (χ1n) is 26.3. The van der Waals surface area contributed by atoms with Gasteiger partial charge in [0.25, 0.3) is 29.7 Å². The van der Waals surface area contributed by atoms with E-state index in [4.69, 9.17) is 28.8 Å². The molecule has 0 aliphatic carbocycles. The molecule has 1 N–H and O–H groups in total. The first kappa shape index (κ1) is 61.9. The molecular formula is C60H69BN5NaO13. The molecule has 4 aliphatic heterocycles. The minimum Gasteiger partial charge on any atom is -0.702 e. The summed E-state index contributed by atoms with van der Waals surface area (Å²) in [4.78, 5) is 72.7.